The first-order valence-corrected chi connectivity index (χ1v) is 10.3. The lowest BCUT2D eigenvalue weighted by Crippen LogP contribution is -2.44. The lowest BCUT2D eigenvalue weighted by atomic mass is 10.1. The first-order valence-electron chi connectivity index (χ1n) is 8.88. The SMILES string of the molecule is CCc1ccc(NC(=O)[C@H](CCSC)NC(=O)c2cccc([N+](=O)[O-])c2)cc1. The van der Waals surface area contributed by atoms with Crippen LogP contribution in [0.5, 0.6) is 0 Å². The van der Waals surface area contributed by atoms with Crippen LogP contribution in [0, 0.1) is 10.1 Å². The van der Waals surface area contributed by atoms with E-state index in [4.69, 9.17) is 0 Å². The number of nitrogens with zero attached hydrogens (tertiary/aromatic N) is 1. The predicted octanol–water partition coefficient (Wildman–Crippen LogP) is 3.65. The van der Waals surface area contributed by atoms with E-state index >= 15 is 0 Å². The third-order valence-corrected chi connectivity index (χ3v) is 4.83. The Labute approximate surface area is 168 Å². The van der Waals surface area contributed by atoms with Gasteiger partial charge < -0.3 is 10.6 Å². The van der Waals surface area contributed by atoms with E-state index in [9.17, 15) is 19.7 Å². The van der Waals surface area contributed by atoms with Crippen LogP contribution in [-0.4, -0.2) is 34.8 Å². The fourth-order valence-corrected chi connectivity index (χ4v) is 3.03. The summed E-state index contributed by atoms with van der Waals surface area (Å²) in [6, 6.07) is 12.2. The van der Waals surface area contributed by atoms with E-state index in [-0.39, 0.29) is 17.2 Å². The van der Waals surface area contributed by atoms with Crippen LogP contribution in [0.2, 0.25) is 0 Å². The molecule has 148 valence electrons. The Kier molecular flexibility index (Phi) is 8.01. The van der Waals surface area contributed by atoms with Gasteiger partial charge in [-0.1, -0.05) is 25.1 Å². The quantitative estimate of drug-likeness (QED) is 0.493. The second-order valence-electron chi connectivity index (χ2n) is 6.15. The molecule has 0 fully saturated rings. The largest absolute Gasteiger partial charge is 0.340 e. The van der Waals surface area contributed by atoms with Gasteiger partial charge in [0.2, 0.25) is 5.91 Å². The molecule has 0 unspecified atom stereocenters. The molecule has 0 aliphatic rings. The molecule has 1 atom stereocenters. The minimum atomic E-state index is -0.745. The molecule has 0 aliphatic carbocycles. The number of aryl methyl sites for hydroxylation is 1. The number of anilines is 1. The fourth-order valence-electron chi connectivity index (χ4n) is 2.56. The molecule has 0 heterocycles. The lowest BCUT2D eigenvalue weighted by molar-refractivity contribution is -0.384. The number of nitrogens with one attached hydrogen (secondary N) is 2. The molecule has 0 saturated heterocycles. The summed E-state index contributed by atoms with van der Waals surface area (Å²) in [7, 11) is 0. The van der Waals surface area contributed by atoms with Crippen molar-refractivity contribution in [3.63, 3.8) is 0 Å². The third kappa shape index (κ3) is 6.09. The normalized spacial score (nSPS) is 11.5. The monoisotopic (exact) mass is 401 g/mol. The summed E-state index contributed by atoms with van der Waals surface area (Å²) in [5.41, 5.74) is 1.79. The molecule has 2 amide bonds. The van der Waals surface area contributed by atoms with Crippen LogP contribution in [0.15, 0.2) is 48.5 Å². The number of nitro benzene ring substituents is 1. The highest BCUT2D eigenvalue weighted by molar-refractivity contribution is 7.98. The van der Waals surface area contributed by atoms with Gasteiger partial charge in [-0.05, 0) is 48.6 Å². The number of thioether (sulfide) groups is 1. The topological polar surface area (TPSA) is 101 Å². The molecule has 7 nitrogen and oxygen atoms in total. The Balaban J connectivity index is 2.10. The second kappa shape index (κ2) is 10.5. The number of nitro groups is 1. The van der Waals surface area contributed by atoms with Crippen LogP contribution in [0.3, 0.4) is 0 Å². The Hall–Kier alpha value is -2.87. The average Bonchev–Trinajstić information content (AvgIpc) is 2.71. The van der Waals surface area contributed by atoms with Crippen molar-refractivity contribution in [2.75, 3.05) is 17.3 Å². The summed E-state index contributed by atoms with van der Waals surface area (Å²) in [4.78, 5) is 35.5. The number of amides is 2. The summed E-state index contributed by atoms with van der Waals surface area (Å²) < 4.78 is 0. The highest BCUT2D eigenvalue weighted by atomic mass is 32.2. The van der Waals surface area contributed by atoms with Crippen LogP contribution >= 0.6 is 11.8 Å². The zero-order valence-corrected chi connectivity index (χ0v) is 16.6. The highest BCUT2D eigenvalue weighted by Crippen LogP contribution is 2.15. The van der Waals surface area contributed by atoms with Gasteiger partial charge in [-0.15, -0.1) is 0 Å². The van der Waals surface area contributed by atoms with E-state index in [1.54, 1.807) is 11.8 Å². The molecule has 0 aliphatic heterocycles. The summed E-state index contributed by atoms with van der Waals surface area (Å²) in [6.45, 7) is 2.05. The average molecular weight is 401 g/mol. The van der Waals surface area contributed by atoms with E-state index in [1.807, 2.05) is 30.5 Å². The molecular formula is C20H23N3O4S. The second-order valence-corrected chi connectivity index (χ2v) is 7.14. The predicted molar refractivity (Wildman–Crippen MR) is 112 cm³/mol. The summed E-state index contributed by atoms with van der Waals surface area (Å²) in [6.07, 6.45) is 3.27. The summed E-state index contributed by atoms with van der Waals surface area (Å²) in [5.74, 6) is -0.161. The van der Waals surface area contributed by atoms with Crippen LogP contribution in [0.1, 0.15) is 29.3 Å². The fraction of sp³-hybridized carbons (Fsp3) is 0.300. The van der Waals surface area contributed by atoms with Gasteiger partial charge in [-0.3, -0.25) is 19.7 Å². The molecule has 28 heavy (non-hydrogen) atoms. The van der Waals surface area contributed by atoms with Crippen molar-refractivity contribution in [1.82, 2.24) is 5.32 Å². The zero-order chi connectivity index (χ0) is 20.5. The molecule has 2 aromatic rings. The van der Waals surface area contributed by atoms with Crippen molar-refractivity contribution in [3.8, 4) is 0 Å². The van der Waals surface area contributed by atoms with Crippen LogP contribution < -0.4 is 10.6 Å². The molecular weight excluding hydrogens is 378 g/mol. The van der Waals surface area contributed by atoms with Gasteiger partial charge in [0.05, 0.1) is 4.92 Å². The van der Waals surface area contributed by atoms with Gasteiger partial charge in [0.1, 0.15) is 6.04 Å². The number of carbonyl (C=O) groups is 2. The third-order valence-electron chi connectivity index (χ3n) is 4.18. The Bertz CT molecular complexity index is 840. The molecule has 2 rings (SSSR count). The molecule has 2 N–H and O–H groups in total. The van der Waals surface area contributed by atoms with Crippen molar-refractivity contribution >= 4 is 35.0 Å². The van der Waals surface area contributed by atoms with Crippen molar-refractivity contribution in [2.45, 2.75) is 25.8 Å². The number of hydrogen-bond donors (Lipinski definition) is 2. The van der Waals surface area contributed by atoms with Crippen molar-refractivity contribution in [2.24, 2.45) is 0 Å². The van der Waals surface area contributed by atoms with Crippen molar-refractivity contribution in [1.29, 1.82) is 0 Å². The maximum Gasteiger partial charge on any atom is 0.270 e. The van der Waals surface area contributed by atoms with Gasteiger partial charge in [0, 0.05) is 23.4 Å². The van der Waals surface area contributed by atoms with Crippen LogP contribution in [0.25, 0.3) is 0 Å². The van der Waals surface area contributed by atoms with Crippen molar-refractivity contribution in [3.05, 3.63) is 69.8 Å². The van der Waals surface area contributed by atoms with Crippen LogP contribution in [0.4, 0.5) is 11.4 Å². The van der Waals surface area contributed by atoms with E-state index in [0.717, 1.165) is 12.0 Å². The summed E-state index contributed by atoms with van der Waals surface area (Å²) in [5, 5.41) is 16.4. The lowest BCUT2D eigenvalue weighted by Gasteiger charge is -2.18. The van der Waals surface area contributed by atoms with Crippen molar-refractivity contribution < 1.29 is 14.5 Å². The maximum absolute atomic E-state index is 12.7. The van der Waals surface area contributed by atoms with E-state index in [1.165, 1.54) is 24.3 Å². The van der Waals surface area contributed by atoms with Gasteiger partial charge in [0.25, 0.3) is 11.6 Å². The molecule has 8 heteroatoms. The maximum atomic E-state index is 12.7. The molecule has 0 spiro atoms. The van der Waals surface area contributed by atoms with Gasteiger partial charge in [-0.2, -0.15) is 11.8 Å². The van der Waals surface area contributed by atoms with Gasteiger partial charge >= 0.3 is 0 Å². The minimum Gasteiger partial charge on any atom is -0.340 e. The Morgan fingerprint density at radius 3 is 2.50 bits per heavy atom. The highest BCUT2D eigenvalue weighted by Gasteiger charge is 2.22. The standard InChI is InChI=1S/C20H23N3O4S/c1-3-14-7-9-16(10-8-14)21-20(25)18(11-12-28-2)22-19(24)15-5-4-6-17(13-15)23(26)27/h4-10,13,18H,3,11-12H2,1-2H3,(H,21,25)(H,22,24)/t18-/m0/s1. The Morgan fingerprint density at radius 1 is 1.18 bits per heavy atom. The first-order chi connectivity index (χ1) is 13.4. The molecule has 0 bridgehead atoms. The number of benzene rings is 2. The van der Waals surface area contributed by atoms with E-state index in [0.29, 0.717) is 17.9 Å². The number of carbonyl (C=O) groups excluding carboxylic acids is 2. The summed E-state index contributed by atoms with van der Waals surface area (Å²) >= 11 is 1.57. The van der Waals surface area contributed by atoms with Gasteiger partial charge in [-0.25, -0.2) is 0 Å². The molecule has 0 saturated carbocycles. The smallest absolute Gasteiger partial charge is 0.270 e. The molecule has 2 aromatic carbocycles. The van der Waals surface area contributed by atoms with Gasteiger partial charge in [0.15, 0.2) is 0 Å². The number of rotatable bonds is 9. The number of hydrogen-bond acceptors (Lipinski definition) is 5. The zero-order valence-electron chi connectivity index (χ0n) is 15.8. The first kappa shape index (κ1) is 21.4. The van der Waals surface area contributed by atoms with E-state index in [2.05, 4.69) is 17.6 Å². The van der Waals surface area contributed by atoms with Crippen LogP contribution in [-0.2, 0) is 11.2 Å². The molecule has 0 radical (unpaired) electrons. The minimum absolute atomic E-state index is 0.142. The molecule has 0 aromatic heterocycles. The van der Waals surface area contributed by atoms with E-state index < -0.39 is 16.9 Å². The number of non-ortho nitro benzene ring substituents is 1. The Morgan fingerprint density at radius 2 is 1.89 bits per heavy atom.